The fourth-order valence-corrected chi connectivity index (χ4v) is 1.61. The molecular weight excluding hydrogens is 238 g/mol. The predicted octanol–water partition coefficient (Wildman–Crippen LogP) is 1.14. The lowest BCUT2D eigenvalue weighted by atomic mass is 10.1. The highest BCUT2D eigenvalue weighted by Crippen LogP contribution is 2.20. The number of nitrogens with one attached hydrogen (secondary N) is 1. The van der Waals surface area contributed by atoms with Gasteiger partial charge >= 0.3 is 6.09 Å². The summed E-state index contributed by atoms with van der Waals surface area (Å²) in [5.41, 5.74) is 13.1. The molecule has 17 heavy (non-hydrogen) atoms. The van der Waals surface area contributed by atoms with Crippen molar-refractivity contribution in [3.05, 3.63) is 29.3 Å². The van der Waals surface area contributed by atoms with E-state index in [-0.39, 0.29) is 6.61 Å². The summed E-state index contributed by atoms with van der Waals surface area (Å²) in [5.74, 6) is 0. The summed E-state index contributed by atoms with van der Waals surface area (Å²) in [6.45, 7) is 2.59. The Morgan fingerprint density at radius 1 is 1.47 bits per heavy atom. The van der Waals surface area contributed by atoms with Gasteiger partial charge in [0.1, 0.15) is 11.6 Å². The Bertz CT molecular complexity index is 435. The Morgan fingerprint density at radius 3 is 2.76 bits per heavy atom. The number of carbonyl (C=O) groups is 1. The molecule has 5 N–H and O–H groups in total. The van der Waals surface area contributed by atoms with E-state index < -0.39 is 6.09 Å². The molecule has 0 spiro atoms. The summed E-state index contributed by atoms with van der Waals surface area (Å²) in [7, 11) is 0. The summed E-state index contributed by atoms with van der Waals surface area (Å²) in [6, 6.07) is 5.67. The van der Waals surface area contributed by atoms with E-state index in [1.54, 1.807) is 0 Å². The first kappa shape index (κ1) is 13.2. The third-order valence-corrected chi connectivity index (χ3v) is 2.41. The average Bonchev–Trinajstić information content (AvgIpc) is 2.25. The monoisotopic (exact) mass is 253 g/mol. The van der Waals surface area contributed by atoms with E-state index in [9.17, 15) is 4.79 Å². The number of amides is 1. The molecule has 1 aromatic carbocycles. The number of benzene rings is 1. The fraction of sp³-hybridized carbons (Fsp3) is 0.273. The number of hydrogen-bond donors (Lipinski definition) is 3. The van der Waals surface area contributed by atoms with Crippen LogP contribution in [0.25, 0.3) is 0 Å². The number of anilines is 1. The molecule has 1 rings (SSSR count). The Morgan fingerprint density at radius 2 is 2.18 bits per heavy atom. The lowest BCUT2D eigenvalue weighted by molar-refractivity contribution is 0.161. The fourth-order valence-electron chi connectivity index (χ4n) is 1.44. The minimum Gasteiger partial charge on any atom is -0.448 e. The molecule has 5 nitrogen and oxygen atoms in total. The van der Waals surface area contributed by atoms with Crippen LogP contribution >= 0.6 is 12.2 Å². The van der Waals surface area contributed by atoms with Gasteiger partial charge in [-0.15, -0.1) is 0 Å². The maximum absolute atomic E-state index is 10.4. The second-order valence-electron chi connectivity index (χ2n) is 3.46. The summed E-state index contributed by atoms with van der Waals surface area (Å²) >= 11 is 4.96. The highest BCUT2D eigenvalue weighted by atomic mass is 32.1. The Labute approximate surface area is 105 Å². The molecule has 0 aliphatic rings. The van der Waals surface area contributed by atoms with Crippen molar-refractivity contribution < 1.29 is 9.53 Å². The molecule has 92 valence electrons. The number of para-hydroxylation sites is 1. The quantitative estimate of drug-likeness (QED) is 0.540. The van der Waals surface area contributed by atoms with Crippen LogP contribution in [-0.4, -0.2) is 24.2 Å². The minimum absolute atomic E-state index is 0.195. The summed E-state index contributed by atoms with van der Waals surface area (Å²) in [6.07, 6.45) is -0.786. The third-order valence-electron chi connectivity index (χ3n) is 2.19. The Kier molecular flexibility index (Phi) is 4.71. The van der Waals surface area contributed by atoms with Crippen molar-refractivity contribution in [3.63, 3.8) is 0 Å². The summed E-state index contributed by atoms with van der Waals surface area (Å²) in [5, 5.41) is 3.12. The Balaban J connectivity index is 2.69. The number of aryl methyl sites for hydroxylation is 1. The minimum atomic E-state index is -0.786. The van der Waals surface area contributed by atoms with Gasteiger partial charge in [-0.25, -0.2) is 4.79 Å². The van der Waals surface area contributed by atoms with E-state index in [2.05, 4.69) is 10.1 Å². The smallest absolute Gasteiger partial charge is 0.404 e. The van der Waals surface area contributed by atoms with Crippen molar-refractivity contribution in [2.24, 2.45) is 11.5 Å². The van der Waals surface area contributed by atoms with Crippen LogP contribution in [0.2, 0.25) is 0 Å². The maximum Gasteiger partial charge on any atom is 0.404 e. The average molecular weight is 253 g/mol. The van der Waals surface area contributed by atoms with Gasteiger partial charge in [-0.1, -0.05) is 24.4 Å². The topological polar surface area (TPSA) is 90.4 Å². The molecule has 0 unspecified atom stereocenters. The summed E-state index contributed by atoms with van der Waals surface area (Å²) in [4.78, 5) is 10.7. The van der Waals surface area contributed by atoms with Crippen LogP contribution in [0.3, 0.4) is 0 Å². The van der Waals surface area contributed by atoms with Gasteiger partial charge in [-0.3, -0.25) is 0 Å². The molecular formula is C11H15N3O2S. The first-order valence-corrected chi connectivity index (χ1v) is 5.48. The second-order valence-corrected chi connectivity index (χ2v) is 3.90. The van der Waals surface area contributed by atoms with Crippen molar-refractivity contribution in [3.8, 4) is 0 Å². The second kappa shape index (κ2) is 6.05. The number of primary amides is 1. The molecule has 0 heterocycles. The first-order valence-electron chi connectivity index (χ1n) is 5.08. The summed E-state index contributed by atoms with van der Waals surface area (Å²) < 4.78 is 4.62. The van der Waals surface area contributed by atoms with Crippen LogP contribution in [0, 0.1) is 6.92 Å². The van der Waals surface area contributed by atoms with Gasteiger partial charge in [0.05, 0.1) is 0 Å². The molecule has 0 radical (unpaired) electrons. The van der Waals surface area contributed by atoms with E-state index in [1.165, 1.54) is 0 Å². The molecule has 1 amide bonds. The van der Waals surface area contributed by atoms with Crippen LogP contribution in [0.1, 0.15) is 11.1 Å². The molecule has 0 saturated heterocycles. The molecule has 0 saturated carbocycles. The largest absolute Gasteiger partial charge is 0.448 e. The number of carbonyl (C=O) groups excluding carboxylic acids is 1. The van der Waals surface area contributed by atoms with Gasteiger partial charge in [0.15, 0.2) is 0 Å². The highest BCUT2D eigenvalue weighted by molar-refractivity contribution is 7.80. The van der Waals surface area contributed by atoms with E-state index in [0.29, 0.717) is 11.5 Å². The van der Waals surface area contributed by atoms with Gasteiger partial charge in [-0.2, -0.15) is 0 Å². The lowest BCUT2D eigenvalue weighted by Crippen LogP contribution is -2.20. The van der Waals surface area contributed by atoms with Gasteiger partial charge in [0.25, 0.3) is 0 Å². The molecule has 0 aliphatic heterocycles. The van der Waals surface area contributed by atoms with Crippen molar-refractivity contribution in [2.45, 2.75) is 6.92 Å². The van der Waals surface area contributed by atoms with Gasteiger partial charge in [-0.05, 0) is 18.6 Å². The SMILES string of the molecule is Cc1cccc(C(N)=S)c1NCCOC(N)=O. The molecule has 0 fully saturated rings. The molecule has 6 heteroatoms. The zero-order chi connectivity index (χ0) is 12.8. The van der Waals surface area contributed by atoms with Crippen molar-refractivity contribution >= 4 is 29.0 Å². The molecule has 0 atom stereocenters. The third kappa shape index (κ3) is 3.92. The van der Waals surface area contributed by atoms with E-state index >= 15 is 0 Å². The molecule has 0 aliphatic carbocycles. The highest BCUT2D eigenvalue weighted by Gasteiger charge is 2.07. The number of nitrogens with two attached hydrogens (primary N) is 2. The molecule has 0 bridgehead atoms. The molecule has 0 aromatic heterocycles. The number of rotatable bonds is 5. The zero-order valence-electron chi connectivity index (χ0n) is 9.53. The first-order chi connectivity index (χ1) is 8.02. The van der Waals surface area contributed by atoms with Crippen molar-refractivity contribution in [1.29, 1.82) is 0 Å². The number of hydrogen-bond acceptors (Lipinski definition) is 4. The van der Waals surface area contributed by atoms with E-state index in [4.69, 9.17) is 23.7 Å². The van der Waals surface area contributed by atoms with Crippen LogP contribution in [0.4, 0.5) is 10.5 Å². The van der Waals surface area contributed by atoms with Crippen LogP contribution in [0.15, 0.2) is 18.2 Å². The maximum atomic E-state index is 10.4. The van der Waals surface area contributed by atoms with E-state index in [0.717, 1.165) is 16.8 Å². The van der Waals surface area contributed by atoms with Gasteiger partial charge in [0.2, 0.25) is 0 Å². The van der Waals surface area contributed by atoms with E-state index in [1.807, 2.05) is 25.1 Å². The van der Waals surface area contributed by atoms with Crippen LogP contribution < -0.4 is 16.8 Å². The van der Waals surface area contributed by atoms with Crippen molar-refractivity contribution in [2.75, 3.05) is 18.5 Å². The van der Waals surface area contributed by atoms with Crippen molar-refractivity contribution in [1.82, 2.24) is 0 Å². The zero-order valence-corrected chi connectivity index (χ0v) is 10.3. The Hall–Kier alpha value is -1.82. The van der Waals surface area contributed by atoms with Gasteiger partial charge in [0, 0.05) is 17.8 Å². The normalized spacial score (nSPS) is 9.71. The van der Waals surface area contributed by atoms with Crippen LogP contribution in [0.5, 0.6) is 0 Å². The predicted molar refractivity (Wildman–Crippen MR) is 71.1 cm³/mol. The number of ether oxygens (including phenoxy) is 1. The number of thiocarbonyl (C=S) groups is 1. The molecule has 1 aromatic rings. The lowest BCUT2D eigenvalue weighted by Gasteiger charge is -2.13. The van der Waals surface area contributed by atoms with Gasteiger partial charge < -0.3 is 21.5 Å². The standard InChI is InChI=1S/C11H15N3O2S/c1-7-3-2-4-8(10(12)17)9(7)14-5-6-16-11(13)15/h2-4,14H,5-6H2,1H3,(H2,12,17)(H2,13,15). The van der Waals surface area contributed by atoms with Crippen LogP contribution in [-0.2, 0) is 4.74 Å².